The third-order valence-electron chi connectivity index (χ3n) is 2.98. The Labute approximate surface area is 150 Å². The van der Waals surface area contributed by atoms with Gasteiger partial charge in [-0.3, -0.25) is 0 Å². The van der Waals surface area contributed by atoms with E-state index in [0.717, 1.165) is 5.39 Å². The van der Waals surface area contributed by atoms with E-state index in [1.165, 1.54) is 4.57 Å². The molecule has 130 valence electrons. The standard InChI is InChI=1S/C18H22BrNO4/c1-17(2,3)23-15(21)14-13(19)11-9-7-8-10-12(11)20(14)16(22)24-18(4,5)6/h7-10H,1-6H3. The second-order valence-electron chi connectivity index (χ2n) is 7.50. The minimum absolute atomic E-state index is 0.125. The average Bonchev–Trinajstić information content (AvgIpc) is 2.69. The highest BCUT2D eigenvalue weighted by Crippen LogP contribution is 2.33. The summed E-state index contributed by atoms with van der Waals surface area (Å²) >= 11 is 3.43. The van der Waals surface area contributed by atoms with Crippen LogP contribution in [0.15, 0.2) is 28.7 Å². The zero-order valence-corrected chi connectivity index (χ0v) is 16.4. The van der Waals surface area contributed by atoms with Crippen molar-refractivity contribution < 1.29 is 19.1 Å². The first-order valence-electron chi connectivity index (χ1n) is 7.66. The molecule has 0 aliphatic heterocycles. The molecular weight excluding hydrogens is 374 g/mol. The smallest absolute Gasteiger partial charge is 0.419 e. The molecule has 0 fully saturated rings. The average molecular weight is 396 g/mol. The van der Waals surface area contributed by atoms with E-state index < -0.39 is 23.3 Å². The van der Waals surface area contributed by atoms with Crippen molar-refractivity contribution in [1.29, 1.82) is 0 Å². The van der Waals surface area contributed by atoms with Crippen LogP contribution < -0.4 is 0 Å². The second-order valence-corrected chi connectivity index (χ2v) is 8.29. The molecule has 1 aromatic heterocycles. The van der Waals surface area contributed by atoms with E-state index >= 15 is 0 Å². The molecule has 0 saturated heterocycles. The van der Waals surface area contributed by atoms with Crippen LogP contribution in [0, 0.1) is 0 Å². The lowest BCUT2D eigenvalue weighted by atomic mass is 10.2. The SMILES string of the molecule is CC(C)(C)OC(=O)c1c(Br)c2ccccc2n1C(=O)OC(C)(C)C. The van der Waals surface area contributed by atoms with Crippen molar-refractivity contribution in [2.45, 2.75) is 52.7 Å². The van der Waals surface area contributed by atoms with Crippen LogP contribution in [0.3, 0.4) is 0 Å². The van der Waals surface area contributed by atoms with Crippen molar-refractivity contribution in [3.63, 3.8) is 0 Å². The fourth-order valence-electron chi connectivity index (χ4n) is 2.20. The summed E-state index contributed by atoms with van der Waals surface area (Å²) in [5.74, 6) is -0.587. The summed E-state index contributed by atoms with van der Waals surface area (Å²) in [6.07, 6.45) is -0.620. The maximum Gasteiger partial charge on any atom is 0.419 e. The molecule has 0 amide bonds. The Balaban J connectivity index is 2.65. The Bertz CT molecular complexity index is 794. The van der Waals surface area contributed by atoms with E-state index in [9.17, 15) is 9.59 Å². The molecule has 24 heavy (non-hydrogen) atoms. The number of rotatable bonds is 1. The summed E-state index contributed by atoms with van der Waals surface area (Å²) in [6, 6.07) is 7.23. The summed E-state index contributed by atoms with van der Waals surface area (Å²) in [5.41, 5.74) is -0.647. The largest absolute Gasteiger partial charge is 0.455 e. The number of carbonyl (C=O) groups is 2. The predicted octanol–water partition coefficient (Wildman–Crippen LogP) is 5.14. The fraction of sp³-hybridized carbons (Fsp3) is 0.444. The van der Waals surface area contributed by atoms with E-state index in [0.29, 0.717) is 9.99 Å². The molecule has 2 rings (SSSR count). The molecule has 0 saturated carbocycles. The van der Waals surface area contributed by atoms with Gasteiger partial charge in [-0.05, 0) is 63.5 Å². The number of aromatic nitrogens is 1. The van der Waals surface area contributed by atoms with Crippen molar-refractivity contribution >= 4 is 38.9 Å². The first kappa shape index (κ1) is 18.5. The Hall–Kier alpha value is -1.82. The molecular formula is C18H22BrNO4. The van der Waals surface area contributed by atoms with Crippen molar-refractivity contribution in [2.75, 3.05) is 0 Å². The number of fused-ring (bicyclic) bond motifs is 1. The normalized spacial score (nSPS) is 12.3. The lowest BCUT2D eigenvalue weighted by Crippen LogP contribution is -2.31. The summed E-state index contributed by atoms with van der Waals surface area (Å²) in [5, 5.41) is 0.740. The number of hydrogen-bond acceptors (Lipinski definition) is 4. The highest BCUT2D eigenvalue weighted by atomic mass is 79.9. The number of benzene rings is 1. The number of nitrogens with zero attached hydrogens (tertiary/aromatic N) is 1. The summed E-state index contributed by atoms with van der Waals surface area (Å²) in [7, 11) is 0. The molecule has 1 heterocycles. The molecule has 5 nitrogen and oxygen atoms in total. The van der Waals surface area contributed by atoms with Gasteiger partial charge in [0.25, 0.3) is 0 Å². The number of esters is 1. The topological polar surface area (TPSA) is 57.5 Å². The lowest BCUT2D eigenvalue weighted by molar-refractivity contribution is 0.00489. The first-order chi connectivity index (χ1) is 10.9. The quantitative estimate of drug-likeness (QED) is 0.626. The van der Waals surface area contributed by atoms with E-state index in [2.05, 4.69) is 15.9 Å². The molecule has 1 aromatic carbocycles. The van der Waals surface area contributed by atoms with Crippen LogP contribution in [0.5, 0.6) is 0 Å². The van der Waals surface area contributed by atoms with Crippen molar-refractivity contribution in [3.8, 4) is 0 Å². The molecule has 0 atom stereocenters. The van der Waals surface area contributed by atoms with Crippen molar-refractivity contribution in [2.24, 2.45) is 0 Å². The Morgan fingerprint density at radius 3 is 2.04 bits per heavy atom. The van der Waals surface area contributed by atoms with Crippen LogP contribution >= 0.6 is 15.9 Å². The maximum absolute atomic E-state index is 12.7. The monoisotopic (exact) mass is 395 g/mol. The van der Waals surface area contributed by atoms with Crippen molar-refractivity contribution in [1.82, 2.24) is 4.57 Å². The molecule has 0 N–H and O–H groups in total. The summed E-state index contributed by atoms with van der Waals surface area (Å²) in [6.45, 7) is 10.7. The van der Waals surface area contributed by atoms with Crippen molar-refractivity contribution in [3.05, 3.63) is 34.4 Å². The molecule has 0 spiro atoms. The fourth-order valence-corrected chi connectivity index (χ4v) is 2.88. The van der Waals surface area contributed by atoms with Crippen LogP contribution in [0.1, 0.15) is 52.0 Å². The van der Waals surface area contributed by atoms with Gasteiger partial charge in [0.15, 0.2) is 5.69 Å². The minimum Gasteiger partial charge on any atom is -0.455 e. The van der Waals surface area contributed by atoms with Gasteiger partial charge in [-0.25, -0.2) is 14.2 Å². The third-order valence-corrected chi connectivity index (χ3v) is 3.78. The van der Waals surface area contributed by atoms with E-state index in [4.69, 9.17) is 9.47 Å². The lowest BCUT2D eigenvalue weighted by Gasteiger charge is -2.22. The maximum atomic E-state index is 12.7. The molecule has 2 aromatic rings. The zero-order valence-electron chi connectivity index (χ0n) is 14.8. The molecule has 0 radical (unpaired) electrons. The number of ether oxygens (including phenoxy) is 2. The third kappa shape index (κ3) is 3.98. The van der Waals surface area contributed by atoms with Gasteiger partial charge < -0.3 is 9.47 Å². The second kappa shape index (κ2) is 6.24. The molecule has 6 heteroatoms. The van der Waals surface area contributed by atoms with Gasteiger partial charge in [0.1, 0.15) is 11.2 Å². The minimum atomic E-state index is -0.680. The van der Waals surface area contributed by atoms with E-state index in [-0.39, 0.29) is 5.69 Å². The number of hydrogen-bond donors (Lipinski definition) is 0. The van der Waals surface area contributed by atoms with Crippen LogP contribution in [0.2, 0.25) is 0 Å². The molecule has 0 unspecified atom stereocenters. The number of para-hydroxylation sites is 1. The molecule has 0 aliphatic rings. The zero-order chi connectivity index (χ0) is 18.3. The van der Waals surface area contributed by atoms with Crippen LogP contribution in [0.25, 0.3) is 10.9 Å². The molecule has 0 bridgehead atoms. The first-order valence-corrected chi connectivity index (χ1v) is 8.45. The van der Waals surface area contributed by atoms with Gasteiger partial charge in [0, 0.05) is 5.39 Å². The highest BCUT2D eigenvalue weighted by molar-refractivity contribution is 9.10. The summed E-state index contributed by atoms with van der Waals surface area (Å²) < 4.78 is 12.7. The van der Waals surface area contributed by atoms with Gasteiger partial charge in [-0.1, -0.05) is 18.2 Å². The van der Waals surface area contributed by atoms with Crippen LogP contribution in [-0.4, -0.2) is 27.8 Å². The van der Waals surface area contributed by atoms with Crippen LogP contribution in [-0.2, 0) is 9.47 Å². The Morgan fingerprint density at radius 1 is 0.958 bits per heavy atom. The van der Waals surface area contributed by atoms with Crippen LogP contribution in [0.4, 0.5) is 4.79 Å². The molecule has 0 aliphatic carbocycles. The number of carbonyl (C=O) groups excluding carboxylic acids is 2. The van der Waals surface area contributed by atoms with Gasteiger partial charge in [0.05, 0.1) is 9.99 Å². The Kier molecular flexibility index (Phi) is 4.81. The highest BCUT2D eigenvalue weighted by Gasteiger charge is 2.31. The van der Waals surface area contributed by atoms with Gasteiger partial charge in [0.2, 0.25) is 0 Å². The van der Waals surface area contributed by atoms with E-state index in [1.54, 1.807) is 53.7 Å². The van der Waals surface area contributed by atoms with Gasteiger partial charge >= 0.3 is 12.1 Å². The summed E-state index contributed by atoms with van der Waals surface area (Å²) in [4.78, 5) is 25.4. The van der Waals surface area contributed by atoms with Gasteiger partial charge in [-0.2, -0.15) is 0 Å². The number of halogens is 1. The van der Waals surface area contributed by atoms with E-state index in [1.807, 2.05) is 12.1 Å². The van der Waals surface area contributed by atoms with Gasteiger partial charge in [-0.15, -0.1) is 0 Å². The predicted molar refractivity (Wildman–Crippen MR) is 96.4 cm³/mol. The Morgan fingerprint density at radius 2 is 1.50 bits per heavy atom.